The molecule has 0 bridgehead atoms. The molecule has 0 heterocycles. The summed E-state index contributed by atoms with van der Waals surface area (Å²) in [5.41, 5.74) is 6.00. The molecule has 0 amide bonds. The highest BCUT2D eigenvalue weighted by Gasteiger charge is 2.18. The summed E-state index contributed by atoms with van der Waals surface area (Å²) in [7, 11) is 0.955. The van der Waals surface area contributed by atoms with Gasteiger partial charge in [0.2, 0.25) is 10.0 Å². The van der Waals surface area contributed by atoms with Crippen molar-refractivity contribution in [1.29, 1.82) is 0 Å². The fourth-order valence-corrected chi connectivity index (χ4v) is 1.98. The lowest BCUT2D eigenvalue weighted by molar-refractivity contribution is 0.415. The van der Waals surface area contributed by atoms with Crippen LogP contribution in [0.15, 0.2) is 23.1 Å². The average Bonchev–Trinajstić information content (AvgIpc) is 2.18. The molecule has 1 aromatic rings. The minimum atomic E-state index is -3.43. The Labute approximate surface area is 89.5 Å². The van der Waals surface area contributed by atoms with Crippen LogP contribution in [0.4, 0.5) is 5.69 Å². The second-order valence-electron chi connectivity index (χ2n) is 3.19. The maximum absolute atomic E-state index is 11.7. The van der Waals surface area contributed by atoms with Crippen molar-refractivity contribution in [2.45, 2.75) is 4.90 Å². The summed E-state index contributed by atoms with van der Waals surface area (Å²) in [6.45, 7) is 0. The van der Waals surface area contributed by atoms with Crippen LogP contribution >= 0.6 is 0 Å². The van der Waals surface area contributed by atoms with Crippen LogP contribution in [-0.2, 0) is 10.0 Å². The molecule has 84 valence electrons. The molecular formula is C9H14N2O3S. The van der Waals surface area contributed by atoms with Gasteiger partial charge in [-0.25, -0.2) is 12.7 Å². The summed E-state index contributed by atoms with van der Waals surface area (Å²) in [6.07, 6.45) is 0. The van der Waals surface area contributed by atoms with E-state index in [1.54, 1.807) is 0 Å². The van der Waals surface area contributed by atoms with Gasteiger partial charge in [-0.15, -0.1) is 0 Å². The number of hydrogen-bond donors (Lipinski definition) is 1. The molecule has 15 heavy (non-hydrogen) atoms. The van der Waals surface area contributed by atoms with E-state index in [0.717, 1.165) is 4.31 Å². The standard InChI is InChI=1S/C9H14N2O3S/c1-11(2)15(12,13)7-4-5-8(10)9(6-7)14-3/h4-6H,10H2,1-3H3. The highest BCUT2D eigenvalue weighted by atomic mass is 32.2. The maximum Gasteiger partial charge on any atom is 0.242 e. The summed E-state index contributed by atoms with van der Waals surface area (Å²) in [4.78, 5) is 0.165. The molecule has 5 nitrogen and oxygen atoms in total. The topological polar surface area (TPSA) is 72.6 Å². The average molecular weight is 230 g/mol. The Balaban J connectivity index is 3.29. The van der Waals surface area contributed by atoms with Crippen molar-refractivity contribution < 1.29 is 13.2 Å². The number of nitrogens with two attached hydrogens (primary N) is 1. The zero-order valence-electron chi connectivity index (χ0n) is 8.89. The first-order valence-corrected chi connectivity index (χ1v) is 5.69. The van der Waals surface area contributed by atoms with E-state index in [4.69, 9.17) is 10.5 Å². The fourth-order valence-electron chi connectivity index (χ4n) is 1.06. The van der Waals surface area contributed by atoms with Crippen molar-refractivity contribution >= 4 is 15.7 Å². The van der Waals surface area contributed by atoms with Crippen molar-refractivity contribution in [2.24, 2.45) is 0 Å². The van der Waals surface area contributed by atoms with Crippen LogP contribution < -0.4 is 10.5 Å². The quantitative estimate of drug-likeness (QED) is 0.769. The van der Waals surface area contributed by atoms with Crippen LogP contribution in [0.3, 0.4) is 0 Å². The third kappa shape index (κ3) is 2.21. The van der Waals surface area contributed by atoms with Gasteiger partial charge >= 0.3 is 0 Å². The highest BCUT2D eigenvalue weighted by Crippen LogP contribution is 2.25. The molecule has 0 atom stereocenters. The van der Waals surface area contributed by atoms with Gasteiger partial charge in [0.15, 0.2) is 0 Å². The zero-order valence-corrected chi connectivity index (χ0v) is 9.71. The Kier molecular flexibility index (Phi) is 3.21. The summed E-state index contributed by atoms with van der Waals surface area (Å²) < 4.78 is 29.6. The Hall–Kier alpha value is -1.27. The smallest absolute Gasteiger partial charge is 0.242 e. The van der Waals surface area contributed by atoms with Gasteiger partial charge < -0.3 is 10.5 Å². The number of nitrogen functional groups attached to an aromatic ring is 1. The van der Waals surface area contributed by atoms with Crippen LogP contribution in [0.25, 0.3) is 0 Å². The lowest BCUT2D eigenvalue weighted by Crippen LogP contribution is -2.22. The number of ether oxygens (including phenoxy) is 1. The van der Waals surface area contributed by atoms with Crippen molar-refractivity contribution in [2.75, 3.05) is 26.9 Å². The third-order valence-electron chi connectivity index (χ3n) is 1.98. The van der Waals surface area contributed by atoms with Crippen molar-refractivity contribution in [1.82, 2.24) is 4.31 Å². The minimum Gasteiger partial charge on any atom is -0.495 e. The molecule has 0 aliphatic heterocycles. The van der Waals surface area contributed by atoms with E-state index in [-0.39, 0.29) is 4.90 Å². The predicted octanol–water partition coefficient (Wildman–Crippen LogP) is 0.528. The van der Waals surface area contributed by atoms with Crippen molar-refractivity contribution in [3.05, 3.63) is 18.2 Å². The Morgan fingerprint density at radius 3 is 2.40 bits per heavy atom. The van der Waals surface area contributed by atoms with Gasteiger partial charge in [0, 0.05) is 20.2 Å². The number of anilines is 1. The van der Waals surface area contributed by atoms with E-state index in [0.29, 0.717) is 11.4 Å². The molecule has 6 heteroatoms. The monoisotopic (exact) mass is 230 g/mol. The Morgan fingerprint density at radius 2 is 1.93 bits per heavy atom. The maximum atomic E-state index is 11.7. The van der Waals surface area contributed by atoms with Crippen molar-refractivity contribution in [3.8, 4) is 5.75 Å². The fraction of sp³-hybridized carbons (Fsp3) is 0.333. The van der Waals surface area contributed by atoms with Gasteiger partial charge in [-0.1, -0.05) is 0 Å². The molecule has 1 aromatic carbocycles. The van der Waals surface area contributed by atoms with Gasteiger partial charge in [0.1, 0.15) is 5.75 Å². The van der Waals surface area contributed by atoms with Crippen LogP contribution in [0, 0.1) is 0 Å². The van der Waals surface area contributed by atoms with E-state index in [9.17, 15) is 8.42 Å². The molecule has 0 aromatic heterocycles. The molecule has 0 saturated heterocycles. The lowest BCUT2D eigenvalue weighted by atomic mass is 10.3. The number of sulfonamides is 1. The first-order chi connectivity index (χ1) is 6.89. The molecule has 0 aliphatic rings. The van der Waals surface area contributed by atoms with Crippen LogP contribution in [0.1, 0.15) is 0 Å². The molecule has 0 saturated carbocycles. The van der Waals surface area contributed by atoms with E-state index in [2.05, 4.69) is 0 Å². The molecule has 0 unspecified atom stereocenters. The van der Waals surface area contributed by atoms with E-state index in [1.165, 1.54) is 39.4 Å². The number of methoxy groups -OCH3 is 1. The zero-order chi connectivity index (χ0) is 11.6. The summed E-state index contributed by atoms with van der Waals surface area (Å²) >= 11 is 0. The second-order valence-corrected chi connectivity index (χ2v) is 5.34. The number of rotatable bonds is 3. The van der Waals surface area contributed by atoms with Gasteiger partial charge in [-0.05, 0) is 12.1 Å². The normalized spacial score (nSPS) is 11.7. The van der Waals surface area contributed by atoms with Crippen LogP contribution in [0.2, 0.25) is 0 Å². The molecule has 0 aliphatic carbocycles. The first-order valence-electron chi connectivity index (χ1n) is 4.25. The van der Waals surface area contributed by atoms with E-state index in [1.807, 2.05) is 0 Å². The highest BCUT2D eigenvalue weighted by molar-refractivity contribution is 7.89. The molecular weight excluding hydrogens is 216 g/mol. The number of benzene rings is 1. The van der Waals surface area contributed by atoms with Gasteiger partial charge in [0.05, 0.1) is 17.7 Å². The molecule has 1 rings (SSSR count). The summed E-state index contributed by atoms with van der Waals surface area (Å²) in [6, 6.07) is 4.37. The Morgan fingerprint density at radius 1 is 1.33 bits per heavy atom. The largest absolute Gasteiger partial charge is 0.495 e. The molecule has 0 fully saturated rings. The molecule has 2 N–H and O–H groups in total. The predicted molar refractivity (Wildman–Crippen MR) is 58.3 cm³/mol. The van der Waals surface area contributed by atoms with Gasteiger partial charge in [0.25, 0.3) is 0 Å². The second kappa shape index (κ2) is 4.08. The molecule has 0 radical (unpaired) electrons. The minimum absolute atomic E-state index is 0.165. The van der Waals surface area contributed by atoms with Gasteiger partial charge in [-0.2, -0.15) is 0 Å². The summed E-state index contributed by atoms with van der Waals surface area (Å²) in [5, 5.41) is 0. The third-order valence-corrected chi connectivity index (χ3v) is 3.79. The first kappa shape index (κ1) is 11.8. The van der Waals surface area contributed by atoms with Crippen LogP contribution in [-0.4, -0.2) is 33.9 Å². The van der Waals surface area contributed by atoms with E-state index < -0.39 is 10.0 Å². The van der Waals surface area contributed by atoms with Gasteiger partial charge in [-0.3, -0.25) is 0 Å². The van der Waals surface area contributed by atoms with E-state index >= 15 is 0 Å². The SMILES string of the molecule is COc1cc(S(=O)(=O)N(C)C)ccc1N. The number of nitrogens with zero attached hydrogens (tertiary/aromatic N) is 1. The lowest BCUT2D eigenvalue weighted by Gasteiger charge is -2.12. The van der Waals surface area contributed by atoms with Crippen molar-refractivity contribution in [3.63, 3.8) is 0 Å². The van der Waals surface area contributed by atoms with Crippen LogP contribution in [0.5, 0.6) is 5.75 Å². The Bertz CT molecular complexity index is 454. The number of hydrogen-bond acceptors (Lipinski definition) is 4. The summed E-state index contributed by atoms with van der Waals surface area (Å²) in [5.74, 6) is 0.359. The molecule has 0 spiro atoms.